The van der Waals surface area contributed by atoms with Gasteiger partial charge in [-0.05, 0) is 36.2 Å². The first-order valence-corrected chi connectivity index (χ1v) is 10.8. The fourth-order valence-corrected chi connectivity index (χ4v) is 4.15. The SMILES string of the molecule is COCCn1ccc(NC(=O)c2ccnc(N3CCc4c(OC)ccc(Br)c4C3)c2)n1. The number of pyridine rings is 1. The zero-order chi connectivity index (χ0) is 21.8. The van der Waals surface area contributed by atoms with Crippen LogP contribution >= 0.6 is 15.9 Å². The molecule has 162 valence electrons. The van der Waals surface area contributed by atoms with Gasteiger partial charge in [0.2, 0.25) is 0 Å². The highest BCUT2D eigenvalue weighted by Gasteiger charge is 2.23. The van der Waals surface area contributed by atoms with Gasteiger partial charge in [0.25, 0.3) is 5.91 Å². The van der Waals surface area contributed by atoms with Gasteiger partial charge in [0.15, 0.2) is 5.82 Å². The van der Waals surface area contributed by atoms with Crippen molar-refractivity contribution in [2.24, 2.45) is 0 Å². The number of methoxy groups -OCH3 is 2. The summed E-state index contributed by atoms with van der Waals surface area (Å²) in [5.74, 6) is 1.95. The summed E-state index contributed by atoms with van der Waals surface area (Å²) >= 11 is 3.65. The predicted molar refractivity (Wildman–Crippen MR) is 122 cm³/mol. The van der Waals surface area contributed by atoms with Gasteiger partial charge in [-0.1, -0.05) is 15.9 Å². The van der Waals surface area contributed by atoms with Crippen LogP contribution < -0.4 is 15.0 Å². The monoisotopic (exact) mass is 485 g/mol. The van der Waals surface area contributed by atoms with Crippen molar-refractivity contribution in [3.05, 3.63) is 63.9 Å². The van der Waals surface area contributed by atoms with E-state index in [1.54, 1.807) is 37.2 Å². The van der Waals surface area contributed by atoms with Crippen LogP contribution in [0.4, 0.5) is 11.6 Å². The molecular formula is C22H24BrN5O3. The quantitative estimate of drug-likeness (QED) is 0.551. The van der Waals surface area contributed by atoms with Crippen molar-refractivity contribution in [2.45, 2.75) is 19.5 Å². The summed E-state index contributed by atoms with van der Waals surface area (Å²) < 4.78 is 13.3. The number of benzene rings is 1. The zero-order valence-electron chi connectivity index (χ0n) is 17.5. The van der Waals surface area contributed by atoms with E-state index < -0.39 is 0 Å². The minimum absolute atomic E-state index is 0.221. The number of rotatable bonds is 7. The highest BCUT2D eigenvalue weighted by molar-refractivity contribution is 9.10. The molecule has 0 radical (unpaired) electrons. The number of nitrogens with one attached hydrogen (secondary N) is 1. The van der Waals surface area contributed by atoms with Gasteiger partial charge in [0.1, 0.15) is 11.6 Å². The Morgan fingerprint density at radius 1 is 1.23 bits per heavy atom. The third kappa shape index (κ3) is 4.72. The van der Waals surface area contributed by atoms with Crippen molar-refractivity contribution in [1.29, 1.82) is 0 Å². The maximum atomic E-state index is 12.8. The Morgan fingerprint density at radius 2 is 2.10 bits per heavy atom. The van der Waals surface area contributed by atoms with Gasteiger partial charge < -0.3 is 19.7 Å². The molecule has 2 aromatic heterocycles. The molecule has 3 aromatic rings. The third-order valence-corrected chi connectivity index (χ3v) is 6.01. The first-order valence-electron chi connectivity index (χ1n) is 9.98. The van der Waals surface area contributed by atoms with E-state index in [-0.39, 0.29) is 5.91 Å². The molecule has 0 bridgehead atoms. The van der Waals surface area contributed by atoms with E-state index in [1.165, 1.54) is 11.1 Å². The van der Waals surface area contributed by atoms with Gasteiger partial charge in [0, 0.05) is 54.3 Å². The van der Waals surface area contributed by atoms with Crippen LogP contribution in [0.2, 0.25) is 0 Å². The number of nitrogens with zero attached hydrogens (tertiary/aromatic N) is 4. The largest absolute Gasteiger partial charge is 0.496 e. The van der Waals surface area contributed by atoms with Gasteiger partial charge in [-0.2, -0.15) is 5.10 Å². The predicted octanol–water partition coefficient (Wildman–Crippen LogP) is 3.51. The average Bonchev–Trinajstić information content (AvgIpc) is 3.25. The Bertz CT molecular complexity index is 1080. The molecule has 31 heavy (non-hydrogen) atoms. The smallest absolute Gasteiger partial charge is 0.257 e. The molecule has 1 aliphatic heterocycles. The average molecular weight is 486 g/mol. The van der Waals surface area contributed by atoms with Crippen LogP contribution in [-0.2, 0) is 24.2 Å². The maximum Gasteiger partial charge on any atom is 0.257 e. The molecule has 9 heteroatoms. The van der Waals surface area contributed by atoms with Crippen molar-refractivity contribution in [3.63, 3.8) is 0 Å². The van der Waals surface area contributed by atoms with Gasteiger partial charge in [-0.15, -0.1) is 0 Å². The number of ether oxygens (including phenoxy) is 2. The standard InChI is InChI=1S/C22H24BrN5O3/c1-30-12-11-28-10-7-20(26-28)25-22(29)15-5-8-24-21(13-15)27-9-6-16-17(14-27)18(23)3-4-19(16)31-2/h3-5,7-8,10,13H,6,9,11-12,14H2,1-2H3,(H,25,26,29). The fourth-order valence-electron chi connectivity index (χ4n) is 3.65. The van der Waals surface area contributed by atoms with E-state index in [0.29, 0.717) is 31.1 Å². The third-order valence-electron chi connectivity index (χ3n) is 5.27. The molecule has 0 saturated carbocycles. The van der Waals surface area contributed by atoms with Crippen LogP contribution in [0.5, 0.6) is 5.75 Å². The summed E-state index contributed by atoms with van der Waals surface area (Å²) in [6, 6.07) is 9.28. The Kier molecular flexibility index (Phi) is 6.53. The zero-order valence-corrected chi connectivity index (χ0v) is 19.1. The normalized spacial score (nSPS) is 13.1. The van der Waals surface area contributed by atoms with E-state index in [0.717, 1.165) is 29.0 Å². The second-order valence-electron chi connectivity index (χ2n) is 7.19. The lowest BCUT2D eigenvalue weighted by molar-refractivity contribution is 0.102. The summed E-state index contributed by atoms with van der Waals surface area (Å²) in [7, 11) is 3.34. The Morgan fingerprint density at radius 3 is 2.90 bits per heavy atom. The van der Waals surface area contributed by atoms with Crippen molar-refractivity contribution < 1.29 is 14.3 Å². The second-order valence-corrected chi connectivity index (χ2v) is 8.05. The summed E-state index contributed by atoms with van der Waals surface area (Å²) in [5, 5.41) is 7.18. The number of carbonyl (C=O) groups excluding carboxylic acids is 1. The first-order chi connectivity index (χ1) is 15.1. The van der Waals surface area contributed by atoms with E-state index in [1.807, 2.05) is 24.4 Å². The van der Waals surface area contributed by atoms with Crippen molar-refractivity contribution in [3.8, 4) is 5.75 Å². The second kappa shape index (κ2) is 9.49. The molecule has 0 saturated heterocycles. The van der Waals surface area contributed by atoms with Crippen LogP contribution in [0.15, 0.2) is 47.2 Å². The van der Waals surface area contributed by atoms with E-state index in [2.05, 4.69) is 36.2 Å². The van der Waals surface area contributed by atoms with Crippen molar-refractivity contribution in [2.75, 3.05) is 37.6 Å². The molecule has 1 N–H and O–H groups in total. The molecule has 0 unspecified atom stereocenters. The molecule has 1 aliphatic rings. The van der Waals surface area contributed by atoms with E-state index >= 15 is 0 Å². The summed E-state index contributed by atoms with van der Waals surface area (Å²) in [4.78, 5) is 19.4. The van der Waals surface area contributed by atoms with Crippen LogP contribution in [0.3, 0.4) is 0 Å². The van der Waals surface area contributed by atoms with Crippen LogP contribution in [-0.4, -0.2) is 48.0 Å². The lowest BCUT2D eigenvalue weighted by Gasteiger charge is -2.31. The fraction of sp³-hybridized carbons (Fsp3) is 0.318. The number of halogens is 1. The van der Waals surface area contributed by atoms with Gasteiger partial charge in [-0.3, -0.25) is 9.48 Å². The molecule has 0 fully saturated rings. The molecule has 1 amide bonds. The number of carbonyl (C=O) groups is 1. The minimum atomic E-state index is -0.221. The number of hydrogen-bond acceptors (Lipinski definition) is 6. The Labute approximate surface area is 189 Å². The van der Waals surface area contributed by atoms with Gasteiger partial charge in [0.05, 0.1) is 20.3 Å². The molecule has 8 nitrogen and oxygen atoms in total. The van der Waals surface area contributed by atoms with Crippen molar-refractivity contribution >= 4 is 33.5 Å². The number of hydrogen-bond donors (Lipinski definition) is 1. The highest BCUT2D eigenvalue weighted by atomic mass is 79.9. The van der Waals surface area contributed by atoms with Crippen LogP contribution in [0.1, 0.15) is 21.5 Å². The Hall–Kier alpha value is -2.91. The number of fused-ring (bicyclic) bond motifs is 1. The molecular weight excluding hydrogens is 462 g/mol. The Balaban J connectivity index is 1.48. The number of aromatic nitrogens is 3. The molecule has 4 rings (SSSR count). The minimum Gasteiger partial charge on any atom is -0.496 e. The molecule has 0 spiro atoms. The number of amides is 1. The number of anilines is 2. The molecule has 3 heterocycles. The van der Waals surface area contributed by atoms with Crippen molar-refractivity contribution in [1.82, 2.24) is 14.8 Å². The summed E-state index contributed by atoms with van der Waals surface area (Å²) in [6.45, 7) is 2.67. The van der Waals surface area contributed by atoms with Gasteiger partial charge in [-0.25, -0.2) is 4.98 Å². The maximum absolute atomic E-state index is 12.8. The lowest BCUT2D eigenvalue weighted by Crippen LogP contribution is -2.31. The topological polar surface area (TPSA) is 81.5 Å². The van der Waals surface area contributed by atoms with Crippen LogP contribution in [0, 0.1) is 0 Å². The van der Waals surface area contributed by atoms with Gasteiger partial charge >= 0.3 is 0 Å². The summed E-state index contributed by atoms with van der Waals surface area (Å²) in [5.41, 5.74) is 2.93. The van der Waals surface area contributed by atoms with E-state index in [4.69, 9.17) is 9.47 Å². The first kappa shape index (κ1) is 21.3. The van der Waals surface area contributed by atoms with Crippen LogP contribution in [0.25, 0.3) is 0 Å². The lowest BCUT2D eigenvalue weighted by atomic mass is 9.98. The van der Waals surface area contributed by atoms with E-state index in [9.17, 15) is 4.79 Å². The molecule has 0 aliphatic carbocycles. The summed E-state index contributed by atoms with van der Waals surface area (Å²) in [6.07, 6.45) is 4.32. The molecule has 0 atom stereocenters. The molecule has 1 aromatic carbocycles. The highest BCUT2D eigenvalue weighted by Crippen LogP contribution is 2.34.